The van der Waals surface area contributed by atoms with E-state index in [-0.39, 0.29) is 17.2 Å². The number of carbonyl (C=O) groups excluding carboxylic acids is 1. The zero-order valence-electron chi connectivity index (χ0n) is 17.1. The van der Waals surface area contributed by atoms with Crippen LogP contribution >= 0.6 is 0 Å². The van der Waals surface area contributed by atoms with Gasteiger partial charge in [-0.1, -0.05) is 43.7 Å². The number of aliphatic hydroxyl groups is 1. The first-order valence-corrected chi connectivity index (χ1v) is 10.2. The molecule has 0 aromatic heterocycles. The number of esters is 1. The number of ether oxygens (including phenoxy) is 1. The normalized spacial score (nSPS) is 19.2. The molecule has 0 saturated carbocycles. The van der Waals surface area contributed by atoms with Crippen molar-refractivity contribution in [2.45, 2.75) is 51.6 Å². The Labute approximate surface area is 172 Å². The van der Waals surface area contributed by atoms with Crippen molar-refractivity contribution in [3.8, 4) is 5.75 Å². The van der Waals surface area contributed by atoms with E-state index in [1.807, 2.05) is 49.4 Å². The quantitative estimate of drug-likeness (QED) is 0.608. The molecule has 5 heteroatoms. The Morgan fingerprint density at radius 2 is 1.69 bits per heavy atom. The summed E-state index contributed by atoms with van der Waals surface area (Å²) in [5, 5.41) is 20.4. The summed E-state index contributed by atoms with van der Waals surface area (Å²) < 4.78 is 6.00. The van der Waals surface area contributed by atoms with Gasteiger partial charge in [-0.15, -0.1) is 0 Å². The SMILES string of the molecule is CCCC1(CCc2ccc(O)cc2)CC(O)=C(N(CC)c2ccccc2)C(=O)O1. The number of hydrogen-bond acceptors (Lipinski definition) is 5. The van der Waals surface area contributed by atoms with Crippen LogP contribution in [-0.4, -0.2) is 28.3 Å². The Hall–Kier alpha value is -2.95. The van der Waals surface area contributed by atoms with E-state index >= 15 is 0 Å². The molecule has 0 amide bonds. The molecule has 2 aromatic carbocycles. The Bertz CT molecular complexity index is 860. The van der Waals surface area contributed by atoms with Crippen molar-refractivity contribution in [3.63, 3.8) is 0 Å². The van der Waals surface area contributed by atoms with E-state index in [1.165, 1.54) is 0 Å². The van der Waals surface area contributed by atoms with Crippen molar-refractivity contribution in [3.05, 3.63) is 71.6 Å². The number of aromatic hydroxyl groups is 1. The summed E-state index contributed by atoms with van der Waals surface area (Å²) in [6.45, 7) is 4.54. The number of cyclic esters (lactones) is 1. The molecule has 2 N–H and O–H groups in total. The molecule has 0 aliphatic carbocycles. The Kier molecular flexibility index (Phi) is 6.47. The molecule has 0 bridgehead atoms. The predicted octanol–water partition coefficient (Wildman–Crippen LogP) is 5.11. The van der Waals surface area contributed by atoms with Gasteiger partial charge in [0.2, 0.25) is 0 Å². The molecule has 0 fully saturated rings. The van der Waals surface area contributed by atoms with Crippen LogP contribution in [0.25, 0.3) is 0 Å². The van der Waals surface area contributed by atoms with E-state index in [4.69, 9.17) is 4.74 Å². The van der Waals surface area contributed by atoms with Gasteiger partial charge in [-0.2, -0.15) is 0 Å². The van der Waals surface area contributed by atoms with Crippen molar-refractivity contribution in [2.24, 2.45) is 0 Å². The molecule has 1 atom stereocenters. The van der Waals surface area contributed by atoms with Crippen LogP contribution in [0.1, 0.15) is 45.1 Å². The number of aliphatic hydroxyl groups excluding tert-OH is 1. The third kappa shape index (κ3) is 4.73. The first-order chi connectivity index (χ1) is 14.0. The van der Waals surface area contributed by atoms with Gasteiger partial charge in [-0.3, -0.25) is 0 Å². The molecule has 1 aliphatic heterocycles. The van der Waals surface area contributed by atoms with Crippen molar-refractivity contribution in [1.82, 2.24) is 0 Å². The number of rotatable bonds is 8. The van der Waals surface area contributed by atoms with Gasteiger partial charge in [0.15, 0.2) is 5.70 Å². The Balaban J connectivity index is 1.84. The number of para-hydroxylation sites is 1. The summed E-state index contributed by atoms with van der Waals surface area (Å²) in [5.74, 6) is -0.156. The minimum absolute atomic E-state index is 0.0890. The number of anilines is 1. The molecule has 154 valence electrons. The maximum absolute atomic E-state index is 13.0. The van der Waals surface area contributed by atoms with E-state index in [0.717, 1.165) is 17.7 Å². The lowest BCUT2D eigenvalue weighted by molar-refractivity contribution is -0.160. The number of phenolic OH excluding ortho intramolecular Hbond substituents is 1. The molecule has 0 spiro atoms. The highest BCUT2D eigenvalue weighted by Crippen LogP contribution is 2.38. The van der Waals surface area contributed by atoms with Crippen LogP contribution in [0.15, 0.2) is 66.1 Å². The van der Waals surface area contributed by atoms with Crippen LogP contribution in [0.5, 0.6) is 5.75 Å². The molecular formula is C24H29NO4. The van der Waals surface area contributed by atoms with Gasteiger partial charge < -0.3 is 19.8 Å². The molecule has 3 rings (SSSR count). The van der Waals surface area contributed by atoms with E-state index in [1.54, 1.807) is 17.0 Å². The Morgan fingerprint density at radius 1 is 1.00 bits per heavy atom. The van der Waals surface area contributed by atoms with Crippen LogP contribution in [0.2, 0.25) is 0 Å². The lowest BCUT2D eigenvalue weighted by Gasteiger charge is -2.39. The van der Waals surface area contributed by atoms with E-state index < -0.39 is 11.6 Å². The number of aryl methyl sites for hydroxylation is 1. The van der Waals surface area contributed by atoms with Crippen molar-refractivity contribution in [2.75, 3.05) is 11.4 Å². The van der Waals surface area contributed by atoms with Crippen LogP contribution in [-0.2, 0) is 16.0 Å². The average molecular weight is 395 g/mol. The van der Waals surface area contributed by atoms with Crippen LogP contribution in [0.4, 0.5) is 5.69 Å². The van der Waals surface area contributed by atoms with Gasteiger partial charge >= 0.3 is 5.97 Å². The van der Waals surface area contributed by atoms with Crippen molar-refractivity contribution in [1.29, 1.82) is 0 Å². The van der Waals surface area contributed by atoms with Crippen LogP contribution in [0, 0.1) is 0 Å². The number of nitrogens with zero attached hydrogens (tertiary/aromatic N) is 1. The highest BCUT2D eigenvalue weighted by Gasteiger charge is 2.42. The molecule has 1 heterocycles. The number of hydrogen-bond donors (Lipinski definition) is 2. The predicted molar refractivity (Wildman–Crippen MR) is 114 cm³/mol. The summed E-state index contributed by atoms with van der Waals surface area (Å²) in [6.07, 6.45) is 3.16. The third-order valence-corrected chi connectivity index (χ3v) is 5.43. The van der Waals surface area contributed by atoms with Crippen molar-refractivity contribution >= 4 is 11.7 Å². The number of benzene rings is 2. The van der Waals surface area contributed by atoms with Gasteiger partial charge in [0, 0.05) is 18.7 Å². The second kappa shape index (κ2) is 9.03. The maximum Gasteiger partial charge on any atom is 0.359 e. The average Bonchev–Trinajstić information content (AvgIpc) is 2.71. The number of likely N-dealkylation sites (N-methyl/N-ethyl adjacent to an activating group) is 1. The van der Waals surface area contributed by atoms with E-state index in [0.29, 0.717) is 32.2 Å². The summed E-state index contributed by atoms with van der Waals surface area (Å²) in [4.78, 5) is 14.8. The molecule has 1 unspecified atom stereocenters. The molecular weight excluding hydrogens is 366 g/mol. The first-order valence-electron chi connectivity index (χ1n) is 10.2. The molecule has 0 saturated heterocycles. The van der Waals surface area contributed by atoms with E-state index in [2.05, 4.69) is 6.92 Å². The zero-order valence-corrected chi connectivity index (χ0v) is 17.1. The zero-order chi connectivity index (χ0) is 20.9. The summed E-state index contributed by atoms with van der Waals surface area (Å²) >= 11 is 0. The summed E-state index contributed by atoms with van der Waals surface area (Å²) in [6, 6.07) is 16.6. The second-order valence-corrected chi connectivity index (χ2v) is 7.54. The molecule has 2 aromatic rings. The van der Waals surface area contributed by atoms with Gasteiger partial charge in [0.1, 0.15) is 17.1 Å². The highest BCUT2D eigenvalue weighted by molar-refractivity contribution is 5.94. The van der Waals surface area contributed by atoms with E-state index in [9.17, 15) is 15.0 Å². The van der Waals surface area contributed by atoms with Crippen LogP contribution in [0.3, 0.4) is 0 Å². The highest BCUT2D eigenvalue weighted by atomic mass is 16.6. The fourth-order valence-corrected chi connectivity index (χ4v) is 4.03. The molecule has 0 radical (unpaired) electrons. The van der Waals surface area contributed by atoms with Gasteiger partial charge in [0.25, 0.3) is 0 Å². The number of carbonyl (C=O) groups is 1. The lowest BCUT2D eigenvalue weighted by atomic mass is 9.84. The minimum Gasteiger partial charge on any atom is -0.510 e. The minimum atomic E-state index is -0.715. The largest absolute Gasteiger partial charge is 0.510 e. The van der Waals surface area contributed by atoms with Crippen molar-refractivity contribution < 1.29 is 19.7 Å². The summed E-state index contributed by atoms with van der Waals surface area (Å²) in [5.41, 5.74) is 1.42. The van der Waals surface area contributed by atoms with Gasteiger partial charge in [-0.05, 0) is 56.0 Å². The fraction of sp³-hybridized carbons (Fsp3) is 0.375. The monoisotopic (exact) mass is 395 g/mol. The first kappa shape index (κ1) is 20.8. The number of phenols is 1. The van der Waals surface area contributed by atoms with Gasteiger partial charge in [0.05, 0.1) is 0 Å². The Morgan fingerprint density at radius 3 is 2.28 bits per heavy atom. The topological polar surface area (TPSA) is 70.0 Å². The summed E-state index contributed by atoms with van der Waals surface area (Å²) in [7, 11) is 0. The molecule has 5 nitrogen and oxygen atoms in total. The third-order valence-electron chi connectivity index (χ3n) is 5.43. The maximum atomic E-state index is 13.0. The lowest BCUT2D eigenvalue weighted by Crippen LogP contribution is -2.44. The fourth-order valence-electron chi connectivity index (χ4n) is 4.03. The second-order valence-electron chi connectivity index (χ2n) is 7.54. The standard InChI is InChI=1S/C24H29NO4/c1-3-15-24(16-14-18-10-12-20(26)13-11-18)17-21(27)22(23(28)29-24)25(4-2)19-8-6-5-7-9-19/h5-13,26-27H,3-4,14-17H2,1-2H3. The molecule has 1 aliphatic rings. The smallest absolute Gasteiger partial charge is 0.359 e. The van der Waals surface area contributed by atoms with Gasteiger partial charge in [-0.25, -0.2) is 4.79 Å². The molecule has 29 heavy (non-hydrogen) atoms. The van der Waals surface area contributed by atoms with Crippen LogP contribution < -0.4 is 4.90 Å².